The van der Waals surface area contributed by atoms with Crippen LogP contribution in [-0.4, -0.2) is 76.0 Å². The summed E-state index contributed by atoms with van der Waals surface area (Å²) in [6, 6.07) is 8.28. The van der Waals surface area contributed by atoms with Gasteiger partial charge in [0.2, 0.25) is 0 Å². The Balaban J connectivity index is 1.53. The van der Waals surface area contributed by atoms with Crippen LogP contribution in [0.4, 0.5) is 5.69 Å². The molecule has 1 atom stereocenters. The van der Waals surface area contributed by atoms with E-state index in [9.17, 15) is 13.2 Å². The number of aryl methyl sites for hydroxylation is 1. The van der Waals surface area contributed by atoms with Crippen molar-refractivity contribution in [1.29, 1.82) is 0 Å². The number of carbonyl (C=O) groups is 1. The first-order chi connectivity index (χ1) is 12.4. The van der Waals surface area contributed by atoms with Crippen molar-refractivity contribution in [1.82, 2.24) is 4.90 Å². The molecule has 0 radical (unpaired) electrons. The van der Waals surface area contributed by atoms with Gasteiger partial charge in [-0.1, -0.05) is 18.2 Å². The average Bonchev–Trinajstić information content (AvgIpc) is 2.96. The van der Waals surface area contributed by atoms with Gasteiger partial charge < -0.3 is 14.7 Å². The van der Waals surface area contributed by atoms with Crippen LogP contribution in [-0.2, 0) is 14.6 Å². The number of anilines is 1. The molecule has 0 spiro atoms. The van der Waals surface area contributed by atoms with Crippen LogP contribution in [0.5, 0.6) is 0 Å². The van der Waals surface area contributed by atoms with E-state index < -0.39 is 9.84 Å². The number of rotatable bonds is 5. The molecule has 144 valence electrons. The third kappa shape index (κ3) is 4.38. The summed E-state index contributed by atoms with van der Waals surface area (Å²) in [6.45, 7) is 8.87. The number of nitrogens with zero attached hydrogens (tertiary/aromatic N) is 2. The highest BCUT2D eigenvalue weighted by atomic mass is 32.2. The molecule has 0 bridgehead atoms. The minimum Gasteiger partial charge on any atom is -0.360 e. The van der Waals surface area contributed by atoms with Gasteiger partial charge in [0.15, 0.2) is 16.4 Å². The topological polar surface area (TPSA) is 62.1 Å². The second-order valence-electron chi connectivity index (χ2n) is 7.44. The van der Waals surface area contributed by atoms with E-state index in [4.69, 9.17) is 0 Å². The Morgan fingerprint density at radius 1 is 1.27 bits per heavy atom. The molecular weight excluding hydrogens is 350 g/mol. The molecule has 2 fully saturated rings. The molecule has 6 nitrogen and oxygen atoms in total. The van der Waals surface area contributed by atoms with Gasteiger partial charge >= 0.3 is 0 Å². The molecule has 2 aliphatic heterocycles. The van der Waals surface area contributed by atoms with Gasteiger partial charge in [-0.05, 0) is 31.9 Å². The molecule has 1 aromatic carbocycles. The van der Waals surface area contributed by atoms with Crippen LogP contribution < -0.4 is 9.80 Å². The van der Waals surface area contributed by atoms with E-state index in [0.717, 1.165) is 26.2 Å². The van der Waals surface area contributed by atoms with Gasteiger partial charge in [-0.25, -0.2) is 8.42 Å². The molecule has 1 N–H and O–H groups in total. The molecule has 1 amide bonds. The number of amides is 1. The highest BCUT2D eigenvalue weighted by molar-refractivity contribution is 7.91. The fourth-order valence-corrected chi connectivity index (χ4v) is 5.86. The zero-order valence-electron chi connectivity index (χ0n) is 15.8. The number of nitrogens with one attached hydrogen (secondary N) is 1. The Labute approximate surface area is 156 Å². The lowest BCUT2D eigenvalue weighted by atomic mass is 10.1. The number of benzene rings is 1. The van der Waals surface area contributed by atoms with Gasteiger partial charge in [-0.3, -0.25) is 4.79 Å². The van der Waals surface area contributed by atoms with Gasteiger partial charge in [0, 0.05) is 18.3 Å². The lowest BCUT2D eigenvalue weighted by Crippen LogP contribution is -3.16. The van der Waals surface area contributed by atoms with Crippen molar-refractivity contribution in [3.05, 3.63) is 29.8 Å². The zero-order chi connectivity index (χ0) is 18.7. The number of hydrogen-bond donors (Lipinski definition) is 1. The quantitative estimate of drug-likeness (QED) is 0.764. The predicted molar refractivity (Wildman–Crippen MR) is 103 cm³/mol. The van der Waals surface area contributed by atoms with E-state index in [-0.39, 0.29) is 23.5 Å². The van der Waals surface area contributed by atoms with Crippen LogP contribution in [0.2, 0.25) is 0 Å². The summed E-state index contributed by atoms with van der Waals surface area (Å²) < 4.78 is 23.4. The van der Waals surface area contributed by atoms with Crippen LogP contribution in [0.3, 0.4) is 0 Å². The lowest BCUT2D eigenvalue weighted by Gasteiger charge is -2.35. The van der Waals surface area contributed by atoms with E-state index in [0.29, 0.717) is 19.5 Å². The fourth-order valence-electron chi connectivity index (χ4n) is 4.13. The maximum atomic E-state index is 12.7. The Kier molecular flexibility index (Phi) is 5.87. The summed E-state index contributed by atoms with van der Waals surface area (Å²) in [5.41, 5.74) is 2.57. The minimum absolute atomic E-state index is 0.0916. The normalized spacial score (nSPS) is 23.2. The van der Waals surface area contributed by atoms with Crippen LogP contribution in [0.25, 0.3) is 0 Å². The Bertz CT molecular complexity index is 742. The average molecular weight is 381 g/mol. The van der Waals surface area contributed by atoms with Crippen molar-refractivity contribution in [3.63, 3.8) is 0 Å². The Hall–Kier alpha value is -1.60. The summed E-state index contributed by atoms with van der Waals surface area (Å²) in [5, 5.41) is 0. The molecule has 2 aliphatic rings. The van der Waals surface area contributed by atoms with Crippen LogP contribution in [0, 0.1) is 6.92 Å². The maximum Gasteiger partial charge on any atom is 0.278 e. The highest BCUT2D eigenvalue weighted by Gasteiger charge is 2.35. The molecule has 0 unspecified atom stereocenters. The third-order valence-electron chi connectivity index (χ3n) is 5.64. The van der Waals surface area contributed by atoms with Gasteiger partial charge in [0.25, 0.3) is 5.91 Å². The molecule has 7 heteroatoms. The van der Waals surface area contributed by atoms with Gasteiger partial charge in [-0.15, -0.1) is 0 Å². The SMILES string of the molecule is CCN(C(=O)C[NH+]1CCN(c2ccccc2C)CC1)[C@@H]1CCS(=O)(=O)C1. The van der Waals surface area contributed by atoms with E-state index in [2.05, 4.69) is 36.1 Å². The smallest absolute Gasteiger partial charge is 0.278 e. The number of para-hydroxylation sites is 1. The number of carbonyl (C=O) groups excluding carboxylic acids is 1. The van der Waals surface area contributed by atoms with Crippen molar-refractivity contribution in [3.8, 4) is 0 Å². The number of hydrogen-bond acceptors (Lipinski definition) is 4. The fraction of sp³-hybridized carbons (Fsp3) is 0.632. The molecule has 0 saturated carbocycles. The van der Waals surface area contributed by atoms with Crippen molar-refractivity contribution in [2.24, 2.45) is 0 Å². The molecule has 2 saturated heterocycles. The second-order valence-corrected chi connectivity index (χ2v) is 9.67. The molecular formula is C19H30N3O3S+. The Morgan fingerprint density at radius 2 is 1.96 bits per heavy atom. The van der Waals surface area contributed by atoms with E-state index >= 15 is 0 Å². The summed E-state index contributed by atoms with van der Waals surface area (Å²) in [6.07, 6.45) is 0.582. The van der Waals surface area contributed by atoms with Crippen LogP contribution >= 0.6 is 0 Å². The number of likely N-dealkylation sites (N-methyl/N-ethyl adjacent to an activating group) is 1. The maximum absolute atomic E-state index is 12.7. The largest absolute Gasteiger partial charge is 0.360 e. The summed E-state index contributed by atoms with van der Waals surface area (Å²) in [7, 11) is -2.97. The summed E-state index contributed by atoms with van der Waals surface area (Å²) in [4.78, 5) is 18.2. The first-order valence-electron chi connectivity index (χ1n) is 9.53. The summed E-state index contributed by atoms with van der Waals surface area (Å²) >= 11 is 0. The monoisotopic (exact) mass is 380 g/mol. The van der Waals surface area contributed by atoms with Crippen LogP contribution in [0.1, 0.15) is 18.9 Å². The lowest BCUT2D eigenvalue weighted by molar-refractivity contribution is -0.892. The molecule has 3 rings (SSSR count). The van der Waals surface area contributed by atoms with Crippen molar-refractivity contribution >= 4 is 21.4 Å². The summed E-state index contributed by atoms with van der Waals surface area (Å²) in [5.74, 6) is 0.431. The second kappa shape index (κ2) is 7.96. The minimum atomic E-state index is -2.97. The number of piperazine rings is 1. The van der Waals surface area contributed by atoms with Gasteiger partial charge in [0.05, 0.1) is 37.7 Å². The molecule has 1 aromatic rings. The van der Waals surface area contributed by atoms with E-state index in [1.165, 1.54) is 16.2 Å². The zero-order valence-corrected chi connectivity index (χ0v) is 16.6. The van der Waals surface area contributed by atoms with Gasteiger partial charge in [0.1, 0.15) is 0 Å². The Morgan fingerprint density at radius 3 is 2.54 bits per heavy atom. The van der Waals surface area contributed by atoms with E-state index in [1.54, 1.807) is 4.90 Å². The molecule has 26 heavy (non-hydrogen) atoms. The molecule has 2 heterocycles. The van der Waals surface area contributed by atoms with Gasteiger partial charge in [-0.2, -0.15) is 0 Å². The number of quaternary nitrogens is 1. The number of sulfone groups is 1. The van der Waals surface area contributed by atoms with Crippen molar-refractivity contribution in [2.75, 3.05) is 55.7 Å². The molecule has 0 aliphatic carbocycles. The van der Waals surface area contributed by atoms with Crippen molar-refractivity contribution < 1.29 is 18.1 Å². The van der Waals surface area contributed by atoms with Crippen LogP contribution in [0.15, 0.2) is 24.3 Å². The van der Waals surface area contributed by atoms with E-state index in [1.807, 2.05) is 6.92 Å². The third-order valence-corrected chi connectivity index (χ3v) is 7.39. The standard InChI is InChI=1S/C19H29N3O3S/c1-3-22(17-8-13-26(24,25)15-17)19(23)14-20-9-11-21(12-10-20)18-7-5-4-6-16(18)2/h4-7,17H,3,8-15H2,1-2H3/p+1/t17-/m1/s1. The first kappa shape index (κ1) is 19.2. The van der Waals surface area contributed by atoms with Crippen molar-refractivity contribution in [2.45, 2.75) is 26.3 Å². The first-order valence-corrected chi connectivity index (χ1v) is 11.4. The highest BCUT2D eigenvalue weighted by Crippen LogP contribution is 2.19. The predicted octanol–water partition coefficient (Wildman–Crippen LogP) is -0.264. The molecule has 0 aromatic heterocycles.